The van der Waals surface area contributed by atoms with Crippen molar-refractivity contribution in [3.8, 4) is 0 Å². The highest BCUT2D eigenvalue weighted by Crippen LogP contribution is 2.28. The molecular formula is C28H34N6O2. The lowest BCUT2D eigenvalue weighted by molar-refractivity contribution is -0.127. The van der Waals surface area contributed by atoms with Gasteiger partial charge in [-0.15, -0.1) is 0 Å². The normalized spacial score (nSPS) is 22.8. The number of carbonyl (C=O) groups is 2. The number of fused-ring (bicyclic) bond motifs is 1. The molecule has 2 aromatic rings. The maximum atomic E-state index is 13.0. The SMILES string of the molecule is Cc1ccc(C)c(CN2C(N3CCN(C/C=C\c4ccccc4)CC3)=NC3C2C(=O)NC(=O)N3C)c1. The highest BCUT2D eigenvalue weighted by atomic mass is 16.2. The number of nitrogens with zero attached hydrogens (tertiary/aromatic N) is 5. The third kappa shape index (κ3) is 4.86. The Hall–Kier alpha value is -3.65. The van der Waals surface area contributed by atoms with E-state index in [2.05, 4.69) is 76.3 Å². The summed E-state index contributed by atoms with van der Waals surface area (Å²) in [5, 5.41) is 2.51. The van der Waals surface area contributed by atoms with Gasteiger partial charge in [0.25, 0.3) is 5.91 Å². The summed E-state index contributed by atoms with van der Waals surface area (Å²) in [5.41, 5.74) is 4.74. The monoisotopic (exact) mass is 486 g/mol. The van der Waals surface area contributed by atoms with Gasteiger partial charge in [0.15, 0.2) is 18.2 Å². The number of nitrogens with one attached hydrogen (secondary N) is 1. The van der Waals surface area contributed by atoms with Crippen molar-refractivity contribution < 1.29 is 9.59 Å². The zero-order valence-electron chi connectivity index (χ0n) is 21.2. The molecule has 1 N–H and O–H groups in total. The van der Waals surface area contributed by atoms with Gasteiger partial charge in [0.1, 0.15) is 0 Å². The van der Waals surface area contributed by atoms with E-state index in [0.29, 0.717) is 6.54 Å². The molecule has 8 heteroatoms. The minimum Gasteiger partial charge on any atom is -0.340 e. The average molecular weight is 487 g/mol. The molecule has 36 heavy (non-hydrogen) atoms. The molecule has 5 rings (SSSR count). The quantitative estimate of drug-likeness (QED) is 0.704. The van der Waals surface area contributed by atoms with Crippen LogP contribution in [0.1, 0.15) is 22.3 Å². The third-order valence-corrected chi connectivity index (χ3v) is 7.31. The first-order valence-electron chi connectivity index (χ1n) is 12.6. The topological polar surface area (TPSA) is 71.5 Å². The minimum absolute atomic E-state index is 0.281. The molecule has 188 valence electrons. The van der Waals surface area contributed by atoms with Crippen molar-refractivity contribution in [1.82, 2.24) is 24.9 Å². The van der Waals surface area contributed by atoms with Gasteiger partial charge < -0.3 is 14.7 Å². The molecule has 2 aromatic carbocycles. The Balaban J connectivity index is 1.32. The molecule has 0 aromatic heterocycles. The first-order valence-corrected chi connectivity index (χ1v) is 12.6. The Labute approximate surface area is 212 Å². The Morgan fingerprint density at radius 2 is 1.78 bits per heavy atom. The molecule has 2 fully saturated rings. The second-order valence-corrected chi connectivity index (χ2v) is 9.85. The highest BCUT2D eigenvalue weighted by Gasteiger charge is 2.49. The summed E-state index contributed by atoms with van der Waals surface area (Å²) in [6.07, 6.45) is 3.86. The summed E-state index contributed by atoms with van der Waals surface area (Å²) in [5.74, 6) is 0.527. The zero-order chi connectivity index (χ0) is 25.2. The lowest BCUT2D eigenvalue weighted by Gasteiger charge is -2.40. The fraction of sp³-hybridized carbons (Fsp3) is 0.393. The first kappa shape index (κ1) is 24.1. The van der Waals surface area contributed by atoms with Crippen LogP contribution in [-0.2, 0) is 11.3 Å². The van der Waals surface area contributed by atoms with Crippen LogP contribution in [0, 0.1) is 13.8 Å². The minimum atomic E-state index is -0.533. The summed E-state index contributed by atoms with van der Waals surface area (Å²) in [7, 11) is 1.71. The number of amides is 3. The molecule has 0 saturated carbocycles. The second-order valence-electron chi connectivity index (χ2n) is 9.85. The molecule has 0 aliphatic carbocycles. The number of hydrogen-bond donors (Lipinski definition) is 1. The number of hydrogen-bond acceptors (Lipinski definition) is 6. The molecule has 0 bridgehead atoms. The van der Waals surface area contributed by atoms with Crippen LogP contribution in [0.25, 0.3) is 6.08 Å². The Morgan fingerprint density at radius 3 is 2.53 bits per heavy atom. The van der Waals surface area contributed by atoms with Gasteiger partial charge in [0.05, 0.1) is 0 Å². The van der Waals surface area contributed by atoms with E-state index in [4.69, 9.17) is 4.99 Å². The van der Waals surface area contributed by atoms with Gasteiger partial charge >= 0.3 is 6.03 Å². The molecule has 0 radical (unpaired) electrons. The van der Waals surface area contributed by atoms with E-state index in [-0.39, 0.29) is 5.91 Å². The van der Waals surface area contributed by atoms with Crippen molar-refractivity contribution in [2.45, 2.75) is 32.6 Å². The molecule has 2 atom stereocenters. The number of piperazine rings is 1. The molecule has 2 saturated heterocycles. The Bertz CT molecular complexity index is 1190. The first-order chi connectivity index (χ1) is 17.4. The van der Waals surface area contributed by atoms with Crippen LogP contribution in [0.4, 0.5) is 4.79 Å². The highest BCUT2D eigenvalue weighted by molar-refractivity contribution is 6.03. The predicted molar refractivity (Wildman–Crippen MR) is 141 cm³/mol. The standard InChI is InChI=1S/C28H34N6O2/c1-20-11-12-21(2)23(18-20)19-34-24-25(31(3)28(36)30-26(24)35)29-27(34)33-16-14-32(15-17-33)13-7-10-22-8-5-4-6-9-22/h4-12,18,24-25H,13-17,19H2,1-3H3,(H,30,35,36)/b10-7-. The summed E-state index contributed by atoms with van der Waals surface area (Å²) in [6.45, 7) is 9.10. The van der Waals surface area contributed by atoms with E-state index in [1.54, 1.807) is 11.9 Å². The molecule has 0 spiro atoms. The van der Waals surface area contributed by atoms with Gasteiger partial charge in [0.2, 0.25) is 0 Å². The van der Waals surface area contributed by atoms with Crippen molar-refractivity contribution >= 4 is 24.0 Å². The molecule has 3 amide bonds. The van der Waals surface area contributed by atoms with Gasteiger partial charge in [-0.1, -0.05) is 66.2 Å². The maximum absolute atomic E-state index is 13.0. The summed E-state index contributed by atoms with van der Waals surface area (Å²) >= 11 is 0. The van der Waals surface area contributed by atoms with E-state index in [9.17, 15) is 9.59 Å². The number of benzene rings is 2. The van der Waals surface area contributed by atoms with Crippen molar-refractivity contribution in [2.24, 2.45) is 4.99 Å². The summed E-state index contributed by atoms with van der Waals surface area (Å²) in [4.78, 5) is 38.6. The van der Waals surface area contributed by atoms with E-state index >= 15 is 0 Å². The van der Waals surface area contributed by atoms with Crippen molar-refractivity contribution in [2.75, 3.05) is 39.8 Å². The van der Waals surface area contributed by atoms with Gasteiger partial charge in [-0.25, -0.2) is 9.79 Å². The number of aryl methyl sites for hydroxylation is 2. The molecule has 3 aliphatic heterocycles. The summed E-state index contributed by atoms with van der Waals surface area (Å²) in [6, 6.07) is 15.8. The molecule has 2 unspecified atom stereocenters. The number of rotatable bonds is 5. The van der Waals surface area contributed by atoms with Gasteiger partial charge in [-0.2, -0.15) is 0 Å². The number of imide groups is 1. The third-order valence-electron chi connectivity index (χ3n) is 7.31. The second kappa shape index (κ2) is 10.1. The maximum Gasteiger partial charge on any atom is 0.325 e. The van der Waals surface area contributed by atoms with Gasteiger partial charge in [0, 0.05) is 46.3 Å². The predicted octanol–water partition coefficient (Wildman–Crippen LogP) is 2.68. The van der Waals surface area contributed by atoms with Gasteiger partial charge in [-0.05, 0) is 30.5 Å². The van der Waals surface area contributed by atoms with Crippen molar-refractivity contribution in [1.29, 1.82) is 0 Å². The fourth-order valence-corrected chi connectivity index (χ4v) is 5.13. The van der Waals surface area contributed by atoms with Crippen molar-refractivity contribution in [3.63, 3.8) is 0 Å². The Morgan fingerprint density at radius 1 is 1.03 bits per heavy atom. The van der Waals surface area contributed by atoms with Crippen LogP contribution in [0.15, 0.2) is 59.6 Å². The number of aliphatic imine (C=N–C) groups is 1. The average Bonchev–Trinajstić information content (AvgIpc) is 3.26. The largest absolute Gasteiger partial charge is 0.340 e. The number of guanidine groups is 1. The molecule has 3 heterocycles. The van der Waals surface area contributed by atoms with Crippen LogP contribution in [0.5, 0.6) is 0 Å². The number of urea groups is 1. The van der Waals surface area contributed by atoms with E-state index in [1.165, 1.54) is 22.3 Å². The number of carbonyl (C=O) groups excluding carboxylic acids is 2. The fourth-order valence-electron chi connectivity index (χ4n) is 5.13. The lowest BCUT2D eigenvalue weighted by Crippen LogP contribution is -2.64. The van der Waals surface area contributed by atoms with E-state index in [0.717, 1.165) is 38.7 Å². The van der Waals surface area contributed by atoms with Crippen LogP contribution in [-0.4, -0.2) is 89.5 Å². The van der Waals surface area contributed by atoms with E-state index < -0.39 is 18.2 Å². The molecular weight excluding hydrogens is 452 g/mol. The number of likely N-dealkylation sites (N-methyl/N-ethyl adjacent to an activating group) is 1. The summed E-state index contributed by atoms with van der Waals surface area (Å²) < 4.78 is 0. The molecule has 8 nitrogen and oxygen atoms in total. The smallest absolute Gasteiger partial charge is 0.325 e. The van der Waals surface area contributed by atoms with Crippen LogP contribution < -0.4 is 5.32 Å². The van der Waals surface area contributed by atoms with Crippen LogP contribution >= 0.6 is 0 Å². The zero-order valence-corrected chi connectivity index (χ0v) is 21.2. The lowest BCUT2D eigenvalue weighted by atomic mass is 10.0. The van der Waals surface area contributed by atoms with E-state index in [1.807, 2.05) is 18.2 Å². The molecule has 3 aliphatic rings. The van der Waals surface area contributed by atoms with Gasteiger partial charge in [-0.3, -0.25) is 15.0 Å². The van der Waals surface area contributed by atoms with Crippen LogP contribution in [0.3, 0.4) is 0 Å². The van der Waals surface area contributed by atoms with Crippen LogP contribution in [0.2, 0.25) is 0 Å². The van der Waals surface area contributed by atoms with Crippen molar-refractivity contribution in [3.05, 3.63) is 76.9 Å². The Kier molecular flexibility index (Phi) is 6.78.